The van der Waals surface area contributed by atoms with Crippen LogP contribution >= 0.6 is 11.3 Å². The number of benzene rings is 2. The molecule has 8 heteroatoms. The maximum absolute atomic E-state index is 13.8. The van der Waals surface area contributed by atoms with Gasteiger partial charge in [-0.25, -0.2) is 9.37 Å². The van der Waals surface area contributed by atoms with E-state index in [9.17, 15) is 19.8 Å². The van der Waals surface area contributed by atoms with Gasteiger partial charge in [-0.1, -0.05) is 6.07 Å². The molecule has 0 aliphatic heterocycles. The van der Waals surface area contributed by atoms with Gasteiger partial charge >= 0.3 is 0 Å². The monoisotopic (exact) mass is 380 g/mol. The Morgan fingerprint density at radius 3 is 2.74 bits per heavy atom. The maximum Gasteiger partial charge on any atom is 0.269 e. The van der Waals surface area contributed by atoms with Crippen molar-refractivity contribution in [1.29, 1.82) is 5.26 Å². The standard InChI is InChI=1S/C19H13FN4O2S/c1-12-2-7-16(20)17(8-12)22-10-14(9-21)19-23-18(11-27-19)13-3-5-15(6-4-13)24(25)26/h2-8,10-11,22H,1H3. The fourth-order valence-corrected chi connectivity index (χ4v) is 3.12. The lowest BCUT2D eigenvalue weighted by atomic mass is 10.1. The number of thiazole rings is 1. The molecule has 0 bridgehead atoms. The number of nitro groups is 1. The van der Waals surface area contributed by atoms with Gasteiger partial charge in [-0.3, -0.25) is 10.1 Å². The summed E-state index contributed by atoms with van der Waals surface area (Å²) >= 11 is 1.26. The number of aromatic nitrogens is 1. The zero-order valence-corrected chi connectivity index (χ0v) is 15.0. The number of nitrogens with one attached hydrogen (secondary N) is 1. The Bertz CT molecular complexity index is 1070. The average molecular weight is 380 g/mol. The number of non-ortho nitro benzene ring substituents is 1. The summed E-state index contributed by atoms with van der Waals surface area (Å²) in [4.78, 5) is 14.7. The van der Waals surface area contributed by atoms with Crippen molar-refractivity contribution in [1.82, 2.24) is 4.98 Å². The molecule has 0 spiro atoms. The minimum atomic E-state index is -0.469. The first kappa shape index (κ1) is 18.2. The van der Waals surface area contributed by atoms with Gasteiger partial charge in [0.15, 0.2) is 0 Å². The lowest BCUT2D eigenvalue weighted by Gasteiger charge is -2.04. The van der Waals surface area contributed by atoms with Crippen molar-refractivity contribution in [3.63, 3.8) is 0 Å². The second kappa shape index (κ2) is 7.76. The molecule has 1 heterocycles. The number of nitriles is 1. The molecule has 3 rings (SSSR count). The summed E-state index contributed by atoms with van der Waals surface area (Å²) < 4.78 is 13.8. The molecule has 0 amide bonds. The van der Waals surface area contributed by atoms with Gasteiger partial charge in [0.2, 0.25) is 0 Å². The van der Waals surface area contributed by atoms with E-state index >= 15 is 0 Å². The number of hydrogen-bond donors (Lipinski definition) is 1. The van der Waals surface area contributed by atoms with Crippen molar-refractivity contribution in [3.8, 4) is 17.3 Å². The van der Waals surface area contributed by atoms with Crippen molar-refractivity contribution in [2.24, 2.45) is 0 Å². The highest BCUT2D eigenvalue weighted by Crippen LogP contribution is 2.27. The molecule has 134 valence electrons. The van der Waals surface area contributed by atoms with Crippen LogP contribution in [0.25, 0.3) is 16.8 Å². The summed E-state index contributed by atoms with van der Waals surface area (Å²) in [6.45, 7) is 1.84. The molecule has 3 aromatic rings. The van der Waals surface area contributed by atoms with Crippen LogP contribution in [-0.2, 0) is 0 Å². The Morgan fingerprint density at radius 1 is 1.33 bits per heavy atom. The molecule has 0 atom stereocenters. The first-order chi connectivity index (χ1) is 13.0. The highest BCUT2D eigenvalue weighted by atomic mass is 32.1. The first-order valence-electron chi connectivity index (χ1n) is 7.81. The van der Waals surface area contributed by atoms with Crippen LogP contribution < -0.4 is 5.32 Å². The van der Waals surface area contributed by atoms with E-state index in [1.807, 2.05) is 13.0 Å². The van der Waals surface area contributed by atoms with Crippen molar-refractivity contribution in [3.05, 3.63) is 80.5 Å². The van der Waals surface area contributed by atoms with Gasteiger partial charge in [-0.15, -0.1) is 11.3 Å². The average Bonchev–Trinajstić information content (AvgIpc) is 3.15. The molecule has 27 heavy (non-hydrogen) atoms. The lowest BCUT2D eigenvalue weighted by Crippen LogP contribution is -1.94. The number of anilines is 1. The van der Waals surface area contributed by atoms with Gasteiger partial charge in [0.1, 0.15) is 22.5 Å². The molecule has 0 saturated carbocycles. The van der Waals surface area contributed by atoms with Crippen molar-refractivity contribution >= 4 is 28.3 Å². The molecule has 2 aromatic carbocycles. The second-order valence-electron chi connectivity index (χ2n) is 5.64. The molecule has 0 unspecified atom stereocenters. The molecule has 0 aliphatic rings. The molecule has 6 nitrogen and oxygen atoms in total. The molecule has 0 saturated heterocycles. The quantitative estimate of drug-likeness (QED) is 0.376. The predicted octanol–water partition coefficient (Wildman–Crippen LogP) is 5.14. The second-order valence-corrected chi connectivity index (χ2v) is 6.50. The van der Waals surface area contributed by atoms with Crippen LogP contribution in [0.1, 0.15) is 10.6 Å². The minimum absolute atomic E-state index is 0.00352. The number of aryl methyl sites for hydroxylation is 1. The Hall–Kier alpha value is -3.57. The van der Waals surface area contributed by atoms with Gasteiger partial charge in [0, 0.05) is 29.3 Å². The van der Waals surface area contributed by atoms with Crippen molar-refractivity contribution in [2.75, 3.05) is 5.32 Å². The van der Waals surface area contributed by atoms with E-state index in [0.29, 0.717) is 16.3 Å². The number of nitro benzene ring substituents is 1. The Labute approximate surface area is 158 Å². The van der Waals surface area contributed by atoms with E-state index in [-0.39, 0.29) is 16.9 Å². The van der Waals surface area contributed by atoms with E-state index in [0.717, 1.165) is 5.56 Å². The fraction of sp³-hybridized carbons (Fsp3) is 0.0526. The summed E-state index contributed by atoms with van der Waals surface area (Å²) in [6.07, 6.45) is 1.41. The summed E-state index contributed by atoms with van der Waals surface area (Å²) in [5.74, 6) is -0.417. The van der Waals surface area contributed by atoms with Gasteiger partial charge in [-0.05, 0) is 36.8 Å². The zero-order valence-electron chi connectivity index (χ0n) is 14.1. The third kappa shape index (κ3) is 4.16. The van der Waals surface area contributed by atoms with Crippen LogP contribution in [0, 0.1) is 34.2 Å². The largest absolute Gasteiger partial charge is 0.358 e. The van der Waals surface area contributed by atoms with Gasteiger partial charge in [0.05, 0.1) is 16.3 Å². The SMILES string of the molecule is Cc1ccc(F)c(NC=C(C#N)c2nc(-c3ccc([N+](=O)[O-])cc3)cs2)c1. The molecular weight excluding hydrogens is 367 g/mol. The zero-order chi connectivity index (χ0) is 19.4. The number of allylic oxidation sites excluding steroid dienone is 1. The minimum Gasteiger partial charge on any atom is -0.358 e. The van der Waals surface area contributed by atoms with E-state index in [4.69, 9.17) is 0 Å². The molecule has 1 aromatic heterocycles. The van der Waals surface area contributed by atoms with Gasteiger partial charge in [-0.2, -0.15) is 5.26 Å². The van der Waals surface area contributed by atoms with E-state index in [2.05, 4.69) is 10.3 Å². The van der Waals surface area contributed by atoms with Crippen LogP contribution in [0.5, 0.6) is 0 Å². The van der Waals surface area contributed by atoms with E-state index in [1.54, 1.807) is 29.6 Å². The van der Waals surface area contributed by atoms with Crippen LogP contribution in [0.4, 0.5) is 15.8 Å². The number of nitrogens with zero attached hydrogens (tertiary/aromatic N) is 3. The highest BCUT2D eigenvalue weighted by Gasteiger charge is 2.11. The Balaban J connectivity index is 1.84. The third-order valence-corrected chi connectivity index (χ3v) is 4.60. The van der Waals surface area contributed by atoms with E-state index in [1.165, 1.54) is 35.7 Å². The van der Waals surface area contributed by atoms with Gasteiger partial charge in [0.25, 0.3) is 5.69 Å². The Morgan fingerprint density at radius 2 is 2.07 bits per heavy atom. The van der Waals surface area contributed by atoms with Crippen LogP contribution in [0.15, 0.2) is 54.0 Å². The first-order valence-corrected chi connectivity index (χ1v) is 8.69. The van der Waals surface area contributed by atoms with Crippen LogP contribution in [-0.4, -0.2) is 9.91 Å². The van der Waals surface area contributed by atoms with Crippen molar-refractivity contribution < 1.29 is 9.31 Å². The number of hydrogen-bond acceptors (Lipinski definition) is 6. The van der Waals surface area contributed by atoms with E-state index < -0.39 is 10.7 Å². The summed E-state index contributed by atoms with van der Waals surface area (Å²) in [6, 6.07) is 12.7. The summed E-state index contributed by atoms with van der Waals surface area (Å²) in [7, 11) is 0. The maximum atomic E-state index is 13.8. The smallest absolute Gasteiger partial charge is 0.269 e. The predicted molar refractivity (Wildman–Crippen MR) is 103 cm³/mol. The van der Waals surface area contributed by atoms with Gasteiger partial charge < -0.3 is 5.32 Å². The topological polar surface area (TPSA) is 91.8 Å². The Kier molecular flexibility index (Phi) is 5.24. The summed E-state index contributed by atoms with van der Waals surface area (Å²) in [5, 5.41) is 25.2. The van der Waals surface area contributed by atoms with Crippen molar-refractivity contribution in [2.45, 2.75) is 6.92 Å². The van der Waals surface area contributed by atoms with Crippen LogP contribution in [0.2, 0.25) is 0 Å². The molecule has 0 aliphatic carbocycles. The number of rotatable bonds is 5. The van der Waals surface area contributed by atoms with Crippen LogP contribution in [0.3, 0.4) is 0 Å². The normalized spacial score (nSPS) is 11.1. The molecule has 1 N–H and O–H groups in total. The number of halogens is 1. The molecule has 0 fully saturated rings. The fourth-order valence-electron chi connectivity index (χ4n) is 2.33. The third-order valence-electron chi connectivity index (χ3n) is 3.72. The molecular formula is C19H13FN4O2S. The summed E-state index contributed by atoms with van der Waals surface area (Å²) in [5.41, 5.74) is 2.73. The lowest BCUT2D eigenvalue weighted by molar-refractivity contribution is -0.384. The highest BCUT2D eigenvalue weighted by molar-refractivity contribution is 7.11. The molecule has 0 radical (unpaired) electrons.